The molecule has 0 fully saturated rings. The Morgan fingerprint density at radius 2 is 1.48 bits per heavy atom. The Balaban J connectivity index is 1.84. The van der Waals surface area contributed by atoms with Crippen molar-refractivity contribution in [2.24, 2.45) is 0 Å². The average Bonchev–Trinajstić information content (AvgIpc) is 2.62. The molecule has 0 saturated heterocycles. The van der Waals surface area contributed by atoms with E-state index >= 15 is 0 Å². The number of ether oxygens (including phenoxy) is 1. The molecule has 1 radical (unpaired) electrons. The van der Waals surface area contributed by atoms with E-state index in [9.17, 15) is 0 Å². The third kappa shape index (κ3) is 5.38. The molecule has 0 saturated carbocycles. The van der Waals surface area contributed by atoms with Crippen molar-refractivity contribution in [1.29, 1.82) is 0 Å². The average molecular weight is 326 g/mol. The van der Waals surface area contributed by atoms with Gasteiger partial charge in [0.2, 0.25) is 9.04 Å². The van der Waals surface area contributed by atoms with Gasteiger partial charge in [0.15, 0.2) is 0 Å². The zero-order valence-electron chi connectivity index (χ0n) is 14.0. The summed E-state index contributed by atoms with van der Waals surface area (Å²) in [4.78, 5) is 0. The molecular formula is C20H25O2Si. The summed E-state index contributed by atoms with van der Waals surface area (Å²) in [5.74, 6) is 0.875. The van der Waals surface area contributed by atoms with E-state index in [4.69, 9.17) is 9.16 Å². The number of rotatable bonds is 9. The highest BCUT2D eigenvalue weighted by Crippen LogP contribution is 2.23. The zero-order valence-corrected chi connectivity index (χ0v) is 15.0. The maximum Gasteiger partial charge on any atom is 0.211 e. The fourth-order valence-electron chi connectivity index (χ4n) is 2.36. The summed E-state index contributed by atoms with van der Waals surface area (Å²) in [6, 6.07) is 20.6. The van der Waals surface area contributed by atoms with E-state index in [-0.39, 0.29) is 0 Å². The lowest BCUT2D eigenvalue weighted by atomic mass is 10.00. The van der Waals surface area contributed by atoms with Crippen LogP contribution < -0.4 is 4.74 Å². The topological polar surface area (TPSA) is 18.5 Å². The van der Waals surface area contributed by atoms with Crippen molar-refractivity contribution in [3.05, 3.63) is 72.3 Å². The van der Waals surface area contributed by atoms with Gasteiger partial charge in [-0.15, -0.1) is 0 Å². The van der Waals surface area contributed by atoms with Gasteiger partial charge < -0.3 is 9.16 Å². The molecule has 0 N–H and O–H groups in total. The Kier molecular flexibility index (Phi) is 7.10. The van der Waals surface area contributed by atoms with E-state index in [1.54, 1.807) is 0 Å². The molecule has 2 nitrogen and oxygen atoms in total. The van der Waals surface area contributed by atoms with Crippen LogP contribution >= 0.6 is 0 Å². The second kappa shape index (κ2) is 9.33. The van der Waals surface area contributed by atoms with Crippen LogP contribution in [0.1, 0.15) is 25.0 Å². The van der Waals surface area contributed by atoms with Crippen LogP contribution in [-0.4, -0.2) is 22.3 Å². The van der Waals surface area contributed by atoms with Gasteiger partial charge in [-0.3, -0.25) is 0 Å². The van der Waals surface area contributed by atoms with E-state index < -0.39 is 9.04 Å². The van der Waals surface area contributed by atoms with Gasteiger partial charge in [0.1, 0.15) is 12.4 Å². The molecule has 0 aliphatic rings. The van der Waals surface area contributed by atoms with E-state index in [2.05, 4.69) is 44.7 Å². The first-order valence-electron chi connectivity index (χ1n) is 8.19. The number of hydrogen-bond donors (Lipinski definition) is 0. The molecule has 0 spiro atoms. The maximum atomic E-state index is 5.84. The summed E-state index contributed by atoms with van der Waals surface area (Å²) < 4.78 is 11.6. The fraction of sp³-hybridized carbons (Fsp3) is 0.300. The van der Waals surface area contributed by atoms with E-state index in [1.165, 1.54) is 0 Å². The summed E-state index contributed by atoms with van der Waals surface area (Å²) >= 11 is 0. The smallest absolute Gasteiger partial charge is 0.211 e. The number of benzene rings is 2. The van der Waals surface area contributed by atoms with E-state index in [0.717, 1.165) is 34.5 Å². The third-order valence-electron chi connectivity index (χ3n) is 3.77. The van der Waals surface area contributed by atoms with Gasteiger partial charge in [0.25, 0.3) is 0 Å². The standard InChI is InChI=1S/C20H25O2Si/c1-4-23(5-2)22-16-15-21-20-13-11-19(12-14-20)17(3)18-9-7-6-8-10-18/h6-14H,3-5,15-16H2,1-2H3. The lowest BCUT2D eigenvalue weighted by Crippen LogP contribution is -2.19. The number of hydrogen-bond acceptors (Lipinski definition) is 2. The normalized spacial score (nSPS) is 10.7. The van der Waals surface area contributed by atoms with Crippen LogP contribution in [-0.2, 0) is 4.43 Å². The minimum atomic E-state index is -0.617. The molecular weight excluding hydrogens is 300 g/mol. The first-order valence-corrected chi connectivity index (χ1v) is 10.0. The zero-order chi connectivity index (χ0) is 16.5. The summed E-state index contributed by atoms with van der Waals surface area (Å²) in [6.07, 6.45) is 0. The van der Waals surface area contributed by atoms with Crippen molar-refractivity contribution >= 4 is 14.6 Å². The van der Waals surface area contributed by atoms with Crippen molar-refractivity contribution in [1.82, 2.24) is 0 Å². The fourth-order valence-corrected chi connectivity index (χ4v) is 3.64. The summed E-state index contributed by atoms with van der Waals surface area (Å²) in [5, 5.41) is 0. The van der Waals surface area contributed by atoms with Gasteiger partial charge in [-0.1, -0.05) is 62.9 Å². The van der Waals surface area contributed by atoms with Crippen molar-refractivity contribution in [3.8, 4) is 5.75 Å². The molecule has 0 aliphatic heterocycles. The van der Waals surface area contributed by atoms with Gasteiger partial charge >= 0.3 is 0 Å². The molecule has 0 unspecified atom stereocenters. The van der Waals surface area contributed by atoms with Crippen LogP contribution in [0.3, 0.4) is 0 Å². The van der Waals surface area contributed by atoms with Crippen LogP contribution in [0.2, 0.25) is 12.1 Å². The molecule has 0 atom stereocenters. The van der Waals surface area contributed by atoms with Crippen molar-refractivity contribution in [2.75, 3.05) is 13.2 Å². The molecule has 2 aromatic rings. The second-order valence-corrected chi connectivity index (χ2v) is 8.09. The van der Waals surface area contributed by atoms with Gasteiger partial charge in [0.05, 0.1) is 6.61 Å². The molecule has 2 aromatic carbocycles. The van der Waals surface area contributed by atoms with E-state index in [0.29, 0.717) is 13.2 Å². The Labute approximate surface area is 141 Å². The van der Waals surface area contributed by atoms with Crippen molar-refractivity contribution < 1.29 is 9.16 Å². The maximum absolute atomic E-state index is 5.84. The Morgan fingerprint density at radius 1 is 0.870 bits per heavy atom. The van der Waals surface area contributed by atoms with Crippen molar-refractivity contribution in [2.45, 2.75) is 25.9 Å². The molecule has 0 aromatic heterocycles. The van der Waals surface area contributed by atoms with Crippen LogP contribution in [0, 0.1) is 0 Å². The largest absolute Gasteiger partial charge is 0.491 e. The summed E-state index contributed by atoms with van der Waals surface area (Å²) in [7, 11) is -0.617. The minimum absolute atomic E-state index is 0.604. The summed E-state index contributed by atoms with van der Waals surface area (Å²) in [6.45, 7) is 9.84. The first-order chi connectivity index (χ1) is 11.2. The second-order valence-electron chi connectivity index (χ2n) is 5.31. The Bertz CT molecular complexity index is 589. The third-order valence-corrected chi connectivity index (χ3v) is 5.96. The molecule has 0 amide bonds. The minimum Gasteiger partial charge on any atom is -0.491 e. The highest BCUT2D eigenvalue weighted by Gasteiger charge is 2.07. The predicted octanol–water partition coefficient (Wildman–Crippen LogP) is 5.17. The molecule has 2 rings (SSSR count). The quantitative estimate of drug-likeness (QED) is 0.467. The predicted molar refractivity (Wildman–Crippen MR) is 99.2 cm³/mol. The highest BCUT2D eigenvalue weighted by atomic mass is 28.3. The van der Waals surface area contributed by atoms with Crippen LogP contribution in [0.4, 0.5) is 0 Å². The van der Waals surface area contributed by atoms with Crippen molar-refractivity contribution in [3.63, 3.8) is 0 Å². The molecule has 3 heteroatoms. The summed E-state index contributed by atoms with van der Waals surface area (Å²) in [5.41, 5.74) is 3.28. The van der Waals surface area contributed by atoms with Crippen LogP contribution in [0.25, 0.3) is 5.57 Å². The van der Waals surface area contributed by atoms with Gasteiger partial charge in [-0.25, -0.2) is 0 Å². The molecule has 0 bridgehead atoms. The molecule has 23 heavy (non-hydrogen) atoms. The van der Waals surface area contributed by atoms with Gasteiger partial charge in [-0.2, -0.15) is 0 Å². The Hall–Kier alpha value is -1.84. The molecule has 0 heterocycles. The van der Waals surface area contributed by atoms with E-state index in [1.807, 2.05) is 30.3 Å². The van der Waals surface area contributed by atoms with Gasteiger partial charge in [-0.05, 0) is 40.9 Å². The van der Waals surface area contributed by atoms with Crippen LogP contribution in [0.15, 0.2) is 61.2 Å². The van der Waals surface area contributed by atoms with Gasteiger partial charge in [0, 0.05) is 0 Å². The lowest BCUT2D eigenvalue weighted by Gasteiger charge is -2.12. The molecule has 121 valence electrons. The first kappa shape index (κ1) is 17.5. The monoisotopic (exact) mass is 325 g/mol. The van der Waals surface area contributed by atoms with Crippen LogP contribution in [0.5, 0.6) is 5.75 Å². The SMILES string of the molecule is C=C(c1ccccc1)c1ccc(OCCO[Si](CC)CC)cc1. The molecule has 0 aliphatic carbocycles. The highest BCUT2D eigenvalue weighted by molar-refractivity contribution is 6.51. The lowest BCUT2D eigenvalue weighted by molar-refractivity contribution is 0.216. The Morgan fingerprint density at radius 3 is 2.09 bits per heavy atom.